The van der Waals surface area contributed by atoms with Crippen molar-refractivity contribution in [3.63, 3.8) is 0 Å². The number of benzene rings is 11. The fraction of sp³-hybridized carbons (Fsp3) is 0.0294. The van der Waals surface area contributed by atoms with Crippen LogP contribution in [-0.4, -0.2) is 14.2 Å². The number of rotatable bonds is 8. The normalized spacial score (nSPS) is 11.5. The van der Waals surface area contributed by atoms with Crippen molar-refractivity contribution in [1.82, 2.24) is 0 Å². The lowest BCUT2D eigenvalue weighted by molar-refractivity contribution is 0.414. The molecule has 2 aliphatic carbocycles. The molecular weight excluding hydrogens is 877 g/mol. The van der Waals surface area contributed by atoms with Crippen molar-refractivity contribution in [2.24, 2.45) is 0 Å². The van der Waals surface area contributed by atoms with Gasteiger partial charge in [-0.25, -0.2) is 0 Å². The molecule has 0 N–H and O–H groups in total. The lowest BCUT2D eigenvalue weighted by atomic mass is 9.81. The van der Waals surface area contributed by atoms with Gasteiger partial charge in [0.1, 0.15) is 11.5 Å². The Hall–Kier alpha value is -9.38. The van der Waals surface area contributed by atoms with Crippen LogP contribution < -0.4 is 19.3 Å². The van der Waals surface area contributed by atoms with Crippen LogP contribution in [0.4, 0.5) is 34.1 Å². The van der Waals surface area contributed by atoms with Crippen molar-refractivity contribution in [1.29, 1.82) is 0 Å². The molecule has 11 aromatic rings. The molecule has 4 heteroatoms. The first kappa shape index (κ1) is 42.7. The highest BCUT2D eigenvalue weighted by atomic mass is 16.5. The Kier molecular flexibility index (Phi) is 10.6. The second-order valence-corrected chi connectivity index (χ2v) is 18.3. The van der Waals surface area contributed by atoms with E-state index in [1.807, 2.05) is 24.3 Å². The van der Waals surface area contributed by atoms with E-state index in [-0.39, 0.29) is 0 Å². The molecule has 0 bridgehead atoms. The summed E-state index contributed by atoms with van der Waals surface area (Å²) in [5, 5.41) is 0. The van der Waals surface area contributed by atoms with E-state index in [2.05, 4.69) is 240 Å². The van der Waals surface area contributed by atoms with Gasteiger partial charge in [0.15, 0.2) is 0 Å². The number of ether oxygens (including phenoxy) is 2. The highest BCUT2D eigenvalue weighted by Gasteiger charge is 2.26. The monoisotopic (exact) mass is 924 g/mol. The highest BCUT2D eigenvalue weighted by Crippen LogP contribution is 2.52. The van der Waals surface area contributed by atoms with Gasteiger partial charge in [0, 0.05) is 34.1 Å². The molecule has 0 aliphatic heterocycles. The van der Waals surface area contributed by atoms with Crippen molar-refractivity contribution < 1.29 is 9.47 Å². The first-order valence-electron chi connectivity index (χ1n) is 24.5. The van der Waals surface area contributed by atoms with Crippen molar-refractivity contribution in [3.05, 3.63) is 255 Å². The van der Waals surface area contributed by atoms with Crippen LogP contribution in [0.15, 0.2) is 255 Å². The molecule has 0 radical (unpaired) electrons. The van der Waals surface area contributed by atoms with Crippen molar-refractivity contribution in [2.45, 2.75) is 0 Å². The number of anilines is 6. The minimum absolute atomic E-state index is 0.804. The topological polar surface area (TPSA) is 24.9 Å². The molecule has 4 nitrogen and oxygen atoms in total. The maximum absolute atomic E-state index is 5.67. The van der Waals surface area contributed by atoms with E-state index >= 15 is 0 Å². The molecule has 0 fully saturated rings. The van der Waals surface area contributed by atoms with Gasteiger partial charge in [0.2, 0.25) is 0 Å². The van der Waals surface area contributed by atoms with Crippen LogP contribution >= 0.6 is 0 Å². The Bertz CT molecular complexity index is 3570. The Morgan fingerprint density at radius 3 is 0.597 bits per heavy atom. The molecule has 11 aromatic carbocycles. The summed E-state index contributed by atoms with van der Waals surface area (Å²) in [7, 11) is 3.43. The first-order valence-corrected chi connectivity index (χ1v) is 24.5. The summed E-state index contributed by atoms with van der Waals surface area (Å²) in [5.41, 5.74) is 25.5. The zero-order valence-corrected chi connectivity index (χ0v) is 40.0. The van der Waals surface area contributed by atoms with E-state index in [9.17, 15) is 0 Å². The van der Waals surface area contributed by atoms with Gasteiger partial charge in [-0.2, -0.15) is 0 Å². The zero-order valence-electron chi connectivity index (χ0n) is 40.0. The van der Waals surface area contributed by atoms with Crippen LogP contribution in [-0.2, 0) is 0 Å². The summed E-state index contributed by atoms with van der Waals surface area (Å²) < 4.78 is 11.3. The molecule has 0 spiro atoms. The Morgan fingerprint density at radius 2 is 0.375 bits per heavy atom. The van der Waals surface area contributed by atoms with Crippen LogP contribution in [0, 0.1) is 0 Å². The molecule has 2 aliphatic rings. The fourth-order valence-corrected chi connectivity index (χ4v) is 11.1. The second kappa shape index (κ2) is 17.9. The zero-order chi connectivity index (χ0) is 48.1. The van der Waals surface area contributed by atoms with Crippen LogP contribution in [0.25, 0.3) is 89.0 Å². The van der Waals surface area contributed by atoms with Crippen molar-refractivity contribution >= 4 is 34.1 Å². The van der Waals surface area contributed by atoms with E-state index in [0.29, 0.717) is 0 Å². The maximum Gasteiger partial charge on any atom is 0.119 e. The van der Waals surface area contributed by atoms with Crippen LogP contribution in [0.5, 0.6) is 11.5 Å². The quantitative estimate of drug-likeness (QED) is 0.152. The first-order chi connectivity index (χ1) is 35.6. The minimum Gasteiger partial charge on any atom is -0.497 e. The standard InChI is InChI=1S/C68H48N2O2/c1-71-51-37-31-47(32-38-51)69(49-35-41-65-61-23-9-7-19-57(61)53-15-3-5-17-55(53)59-21-11-13-25-63(59)67(65)43-49)45-27-29-46(30-28-45)70(48-33-39-52(72-2)40-34-48)50-36-42-66-62-24-10-8-20-58(62)54-16-4-6-18-56(54)60-22-12-14-26-64(60)68(66)44-50/h3-44H,1-2H3. The summed E-state index contributed by atoms with van der Waals surface area (Å²) >= 11 is 0. The highest BCUT2D eigenvalue weighted by molar-refractivity contribution is 6.06. The van der Waals surface area contributed by atoms with Crippen LogP contribution in [0.2, 0.25) is 0 Å². The van der Waals surface area contributed by atoms with Gasteiger partial charge < -0.3 is 19.3 Å². The van der Waals surface area contributed by atoms with Crippen LogP contribution in [0.3, 0.4) is 0 Å². The smallest absolute Gasteiger partial charge is 0.119 e. The lowest BCUT2D eigenvalue weighted by Gasteiger charge is -2.30. The third kappa shape index (κ3) is 7.23. The van der Waals surface area contributed by atoms with Gasteiger partial charge in [0.25, 0.3) is 0 Å². The maximum atomic E-state index is 5.67. The molecule has 342 valence electrons. The molecule has 0 atom stereocenters. The predicted molar refractivity (Wildman–Crippen MR) is 300 cm³/mol. The third-order valence-corrected chi connectivity index (χ3v) is 14.4. The molecule has 0 aromatic heterocycles. The van der Waals surface area contributed by atoms with Gasteiger partial charge in [0.05, 0.1) is 14.2 Å². The molecule has 0 heterocycles. The summed E-state index contributed by atoms with van der Waals surface area (Å²) in [4.78, 5) is 4.69. The molecule has 0 saturated carbocycles. The van der Waals surface area contributed by atoms with E-state index < -0.39 is 0 Å². The summed E-state index contributed by atoms with van der Waals surface area (Å²) in [6, 6.07) is 92.4. The van der Waals surface area contributed by atoms with Crippen molar-refractivity contribution in [2.75, 3.05) is 24.0 Å². The lowest BCUT2D eigenvalue weighted by Crippen LogP contribution is -2.13. The molecule has 0 saturated heterocycles. The van der Waals surface area contributed by atoms with Gasteiger partial charge in [-0.1, -0.05) is 158 Å². The minimum atomic E-state index is 0.804. The number of nitrogens with zero attached hydrogens (tertiary/aromatic N) is 2. The third-order valence-electron chi connectivity index (χ3n) is 14.4. The number of fused-ring (bicyclic) bond motifs is 16. The largest absolute Gasteiger partial charge is 0.497 e. The van der Waals surface area contributed by atoms with Gasteiger partial charge in [-0.3, -0.25) is 0 Å². The summed E-state index contributed by atoms with van der Waals surface area (Å²) in [6.07, 6.45) is 0. The van der Waals surface area contributed by atoms with Gasteiger partial charge >= 0.3 is 0 Å². The number of methoxy groups -OCH3 is 2. The molecule has 13 rings (SSSR count). The van der Waals surface area contributed by atoms with Gasteiger partial charge in [-0.15, -0.1) is 0 Å². The Morgan fingerprint density at radius 1 is 0.194 bits per heavy atom. The number of hydrogen-bond donors (Lipinski definition) is 0. The fourth-order valence-electron chi connectivity index (χ4n) is 11.1. The van der Waals surface area contributed by atoms with E-state index in [1.165, 1.54) is 89.0 Å². The van der Waals surface area contributed by atoms with Crippen LogP contribution in [0.1, 0.15) is 0 Å². The second-order valence-electron chi connectivity index (χ2n) is 18.3. The SMILES string of the molecule is COc1ccc(N(c2ccc(N(c3ccc(OC)cc3)c3ccc4c(c3)-c3ccccc3-c3ccccc3-c3ccccc3-4)cc2)c2ccc3c(c2)-c2ccccc2-c2ccccc2-c2ccccc2-3)cc1. The molecule has 72 heavy (non-hydrogen) atoms. The average Bonchev–Trinajstić information content (AvgIpc) is 3.45. The number of hydrogen-bond acceptors (Lipinski definition) is 4. The van der Waals surface area contributed by atoms with E-state index in [4.69, 9.17) is 9.47 Å². The van der Waals surface area contributed by atoms with E-state index in [1.54, 1.807) is 14.2 Å². The van der Waals surface area contributed by atoms with Crippen molar-refractivity contribution in [3.8, 4) is 101 Å². The Labute approximate surface area is 420 Å². The summed E-state index contributed by atoms with van der Waals surface area (Å²) in [5.74, 6) is 1.61. The average molecular weight is 925 g/mol. The molecule has 0 unspecified atom stereocenters. The molecule has 0 amide bonds. The summed E-state index contributed by atoms with van der Waals surface area (Å²) in [6.45, 7) is 0. The molecular formula is C68H48N2O2. The predicted octanol–water partition coefficient (Wildman–Crippen LogP) is 18.6. The van der Waals surface area contributed by atoms with E-state index in [0.717, 1.165) is 45.6 Å². The Balaban J connectivity index is 0.970. The van der Waals surface area contributed by atoms with Gasteiger partial charge in [-0.05, 0) is 186 Å².